The quantitative estimate of drug-likeness (QED) is 0.816. The molecule has 0 aliphatic heterocycles. The summed E-state index contributed by atoms with van der Waals surface area (Å²) in [6.45, 7) is 2.31. The van der Waals surface area contributed by atoms with Gasteiger partial charge in [-0.3, -0.25) is 4.98 Å². The number of hydrogen-bond acceptors (Lipinski definition) is 2. The van der Waals surface area contributed by atoms with Crippen molar-refractivity contribution in [3.8, 4) is 0 Å². The van der Waals surface area contributed by atoms with E-state index in [1.165, 1.54) is 43.2 Å². The number of nitrogens with one attached hydrogen (secondary N) is 1. The lowest BCUT2D eigenvalue weighted by Crippen LogP contribution is -2.26. The minimum Gasteiger partial charge on any atom is -0.381 e. The molecule has 1 aliphatic carbocycles. The van der Waals surface area contributed by atoms with E-state index in [9.17, 15) is 0 Å². The average Bonchev–Trinajstić information content (AvgIpc) is 2.48. The third-order valence-corrected chi connectivity index (χ3v) is 4.90. The maximum atomic E-state index is 4.57. The molecule has 0 bridgehead atoms. The fourth-order valence-electron chi connectivity index (χ4n) is 3.19. The first-order valence-corrected chi connectivity index (χ1v) is 8.36. The number of benzene rings is 1. The van der Waals surface area contributed by atoms with Crippen LogP contribution >= 0.6 is 15.9 Å². The van der Waals surface area contributed by atoms with Crippen molar-refractivity contribution in [1.82, 2.24) is 4.98 Å². The van der Waals surface area contributed by atoms with Crippen LogP contribution in [0.5, 0.6) is 0 Å². The van der Waals surface area contributed by atoms with Crippen LogP contribution in [0, 0.1) is 5.92 Å². The second-order valence-electron chi connectivity index (χ2n) is 5.80. The Morgan fingerprint density at radius 1 is 1.25 bits per heavy atom. The summed E-state index contributed by atoms with van der Waals surface area (Å²) in [5.74, 6) is 0.939. The molecule has 1 aromatic heterocycles. The number of para-hydroxylation sites is 1. The van der Waals surface area contributed by atoms with Crippen LogP contribution in [0.15, 0.2) is 34.9 Å². The van der Waals surface area contributed by atoms with Crippen LogP contribution in [-0.2, 0) is 0 Å². The fourth-order valence-corrected chi connectivity index (χ4v) is 3.53. The SMILES string of the molecule is CCC1CCC(Nc2cccc3cc(Br)cnc23)CC1. The molecule has 0 amide bonds. The van der Waals surface area contributed by atoms with Gasteiger partial charge in [-0.05, 0) is 59.7 Å². The van der Waals surface area contributed by atoms with E-state index in [1.807, 2.05) is 6.20 Å². The van der Waals surface area contributed by atoms with Crippen molar-refractivity contribution in [2.75, 3.05) is 5.32 Å². The summed E-state index contributed by atoms with van der Waals surface area (Å²) in [6.07, 6.45) is 8.49. The molecule has 3 rings (SSSR count). The number of halogens is 1. The van der Waals surface area contributed by atoms with Crippen molar-refractivity contribution < 1.29 is 0 Å². The van der Waals surface area contributed by atoms with E-state index in [4.69, 9.17) is 0 Å². The lowest BCUT2D eigenvalue weighted by atomic mass is 9.84. The highest BCUT2D eigenvalue weighted by atomic mass is 79.9. The minimum absolute atomic E-state index is 0.605. The summed E-state index contributed by atoms with van der Waals surface area (Å²) in [6, 6.07) is 9.10. The molecule has 106 valence electrons. The Balaban J connectivity index is 1.78. The van der Waals surface area contributed by atoms with Crippen molar-refractivity contribution in [3.05, 3.63) is 34.9 Å². The van der Waals surface area contributed by atoms with Crippen LogP contribution in [0.1, 0.15) is 39.0 Å². The number of hydrogen-bond donors (Lipinski definition) is 1. The van der Waals surface area contributed by atoms with E-state index < -0.39 is 0 Å². The lowest BCUT2D eigenvalue weighted by Gasteiger charge is -2.29. The molecule has 2 aromatic rings. The molecular formula is C17H21BrN2. The Bertz CT molecular complexity index is 589. The highest BCUT2D eigenvalue weighted by Crippen LogP contribution is 2.30. The summed E-state index contributed by atoms with van der Waals surface area (Å²) < 4.78 is 1.03. The zero-order chi connectivity index (χ0) is 13.9. The topological polar surface area (TPSA) is 24.9 Å². The molecule has 1 aromatic carbocycles. The predicted octanol–water partition coefficient (Wildman–Crippen LogP) is 5.38. The summed E-state index contributed by atoms with van der Waals surface area (Å²) in [7, 11) is 0. The van der Waals surface area contributed by atoms with Gasteiger partial charge in [0, 0.05) is 22.1 Å². The van der Waals surface area contributed by atoms with Gasteiger partial charge < -0.3 is 5.32 Å². The van der Waals surface area contributed by atoms with Gasteiger partial charge in [0.2, 0.25) is 0 Å². The Hall–Kier alpha value is -1.09. The van der Waals surface area contributed by atoms with Crippen LogP contribution in [0.4, 0.5) is 5.69 Å². The maximum absolute atomic E-state index is 4.57. The van der Waals surface area contributed by atoms with Crippen molar-refractivity contribution in [3.63, 3.8) is 0 Å². The van der Waals surface area contributed by atoms with E-state index in [0.29, 0.717) is 6.04 Å². The monoisotopic (exact) mass is 332 g/mol. The summed E-state index contributed by atoms with van der Waals surface area (Å²) in [5.41, 5.74) is 2.25. The summed E-state index contributed by atoms with van der Waals surface area (Å²) in [5, 5.41) is 4.90. The van der Waals surface area contributed by atoms with Crippen LogP contribution in [0.2, 0.25) is 0 Å². The Labute approximate surface area is 129 Å². The van der Waals surface area contributed by atoms with Gasteiger partial charge in [0.05, 0.1) is 11.2 Å². The summed E-state index contributed by atoms with van der Waals surface area (Å²) in [4.78, 5) is 4.57. The molecule has 2 nitrogen and oxygen atoms in total. The molecule has 20 heavy (non-hydrogen) atoms. The van der Waals surface area contributed by atoms with Gasteiger partial charge in [0.25, 0.3) is 0 Å². The number of fused-ring (bicyclic) bond motifs is 1. The van der Waals surface area contributed by atoms with Gasteiger partial charge in [0.1, 0.15) is 0 Å². The second kappa shape index (κ2) is 6.13. The number of rotatable bonds is 3. The lowest BCUT2D eigenvalue weighted by molar-refractivity contribution is 0.330. The molecule has 3 heteroatoms. The first-order chi connectivity index (χ1) is 9.76. The van der Waals surface area contributed by atoms with Gasteiger partial charge >= 0.3 is 0 Å². The smallest absolute Gasteiger partial charge is 0.0934 e. The largest absolute Gasteiger partial charge is 0.381 e. The predicted molar refractivity (Wildman–Crippen MR) is 89.1 cm³/mol. The molecular weight excluding hydrogens is 312 g/mol. The van der Waals surface area contributed by atoms with Crippen molar-refractivity contribution >= 4 is 32.5 Å². The second-order valence-corrected chi connectivity index (χ2v) is 6.72. The molecule has 0 atom stereocenters. The molecule has 1 saturated carbocycles. The van der Waals surface area contributed by atoms with Crippen LogP contribution < -0.4 is 5.32 Å². The van der Waals surface area contributed by atoms with E-state index in [2.05, 4.69) is 57.4 Å². The Morgan fingerprint density at radius 3 is 2.80 bits per heavy atom. The number of pyridine rings is 1. The van der Waals surface area contributed by atoms with Crippen LogP contribution in [-0.4, -0.2) is 11.0 Å². The molecule has 1 N–H and O–H groups in total. The van der Waals surface area contributed by atoms with E-state index in [1.54, 1.807) is 0 Å². The van der Waals surface area contributed by atoms with Crippen LogP contribution in [0.25, 0.3) is 10.9 Å². The third kappa shape index (κ3) is 2.98. The van der Waals surface area contributed by atoms with E-state index >= 15 is 0 Å². The number of nitrogens with zero attached hydrogens (tertiary/aromatic N) is 1. The van der Waals surface area contributed by atoms with Crippen LogP contribution in [0.3, 0.4) is 0 Å². The molecule has 0 saturated heterocycles. The maximum Gasteiger partial charge on any atom is 0.0934 e. The fraction of sp³-hybridized carbons (Fsp3) is 0.471. The highest BCUT2D eigenvalue weighted by molar-refractivity contribution is 9.10. The van der Waals surface area contributed by atoms with Gasteiger partial charge in [0.15, 0.2) is 0 Å². The molecule has 0 unspecified atom stereocenters. The number of anilines is 1. The van der Waals surface area contributed by atoms with E-state index in [0.717, 1.165) is 15.9 Å². The molecule has 0 spiro atoms. The standard InChI is InChI=1S/C17H21BrN2/c1-2-12-6-8-15(9-7-12)20-16-5-3-4-13-10-14(18)11-19-17(13)16/h3-5,10-12,15,20H,2,6-9H2,1H3. The van der Waals surface area contributed by atoms with Gasteiger partial charge in [-0.1, -0.05) is 25.5 Å². The van der Waals surface area contributed by atoms with Gasteiger partial charge in [-0.2, -0.15) is 0 Å². The Morgan fingerprint density at radius 2 is 2.05 bits per heavy atom. The first-order valence-electron chi connectivity index (χ1n) is 7.57. The average molecular weight is 333 g/mol. The normalized spacial score (nSPS) is 22.9. The minimum atomic E-state index is 0.605. The first kappa shape index (κ1) is 13.9. The zero-order valence-electron chi connectivity index (χ0n) is 11.9. The molecule has 1 heterocycles. The number of aromatic nitrogens is 1. The van der Waals surface area contributed by atoms with Crippen molar-refractivity contribution in [2.24, 2.45) is 5.92 Å². The summed E-state index contributed by atoms with van der Waals surface area (Å²) >= 11 is 3.49. The molecule has 0 radical (unpaired) electrons. The Kier molecular flexibility index (Phi) is 4.25. The van der Waals surface area contributed by atoms with E-state index in [-0.39, 0.29) is 0 Å². The zero-order valence-corrected chi connectivity index (χ0v) is 13.5. The van der Waals surface area contributed by atoms with Gasteiger partial charge in [-0.25, -0.2) is 0 Å². The van der Waals surface area contributed by atoms with Gasteiger partial charge in [-0.15, -0.1) is 0 Å². The molecule has 1 aliphatic rings. The highest BCUT2D eigenvalue weighted by Gasteiger charge is 2.20. The molecule has 1 fully saturated rings. The third-order valence-electron chi connectivity index (χ3n) is 4.46. The van der Waals surface area contributed by atoms with Crippen molar-refractivity contribution in [1.29, 1.82) is 0 Å². The van der Waals surface area contributed by atoms with Crippen molar-refractivity contribution in [2.45, 2.75) is 45.1 Å².